The average Bonchev–Trinajstić information content (AvgIpc) is 2.62. The highest BCUT2D eigenvalue weighted by molar-refractivity contribution is 9.10. The van der Waals surface area contributed by atoms with Gasteiger partial charge in [-0.15, -0.1) is 0 Å². The van der Waals surface area contributed by atoms with Gasteiger partial charge in [-0.3, -0.25) is 14.5 Å². The van der Waals surface area contributed by atoms with Crippen molar-refractivity contribution in [2.75, 3.05) is 18.0 Å². The first kappa shape index (κ1) is 15.9. The molecule has 1 aromatic rings. The lowest BCUT2D eigenvalue weighted by molar-refractivity contribution is -0.114. The summed E-state index contributed by atoms with van der Waals surface area (Å²) >= 11 is 3.41. The third-order valence-corrected chi connectivity index (χ3v) is 3.83. The van der Waals surface area contributed by atoms with Gasteiger partial charge in [0.15, 0.2) is 0 Å². The van der Waals surface area contributed by atoms with Crippen molar-refractivity contribution in [3.63, 3.8) is 0 Å². The fourth-order valence-corrected chi connectivity index (χ4v) is 2.71. The second-order valence-corrected chi connectivity index (χ2v) is 7.06. The number of carbonyl (C=O) groups is 2. The summed E-state index contributed by atoms with van der Waals surface area (Å²) < 4.78 is 0.746. The van der Waals surface area contributed by atoms with Gasteiger partial charge in [-0.1, -0.05) is 12.6 Å². The van der Waals surface area contributed by atoms with Gasteiger partial charge in [0.05, 0.1) is 11.3 Å². The summed E-state index contributed by atoms with van der Waals surface area (Å²) in [7, 11) is 0. The number of anilines is 1. The number of halogens is 1. The number of nitrogens with one attached hydrogen (secondary N) is 1. The molecule has 0 fully saturated rings. The van der Waals surface area contributed by atoms with Gasteiger partial charge < -0.3 is 5.32 Å². The first-order valence-electron chi connectivity index (χ1n) is 6.77. The van der Waals surface area contributed by atoms with Gasteiger partial charge in [0.1, 0.15) is 0 Å². The Labute approximate surface area is 133 Å². The van der Waals surface area contributed by atoms with Crippen LogP contribution in [0.1, 0.15) is 31.1 Å². The van der Waals surface area contributed by atoms with Crippen LogP contribution >= 0.6 is 15.9 Å². The first-order chi connectivity index (χ1) is 9.70. The molecule has 0 saturated heterocycles. The van der Waals surface area contributed by atoms with E-state index in [-0.39, 0.29) is 5.54 Å². The molecule has 0 radical (unpaired) electrons. The summed E-state index contributed by atoms with van der Waals surface area (Å²) in [4.78, 5) is 25.6. The van der Waals surface area contributed by atoms with E-state index < -0.39 is 11.7 Å². The average molecular weight is 351 g/mol. The quantitative estimate of drug-likeness (QED) is 0.670. The molecular weight excluding hydrogens is 332 g/mol. The number of amides is 1. The molecule has 2 rings (SSSR count). The molecule has 1 heterocycles. The van der Waals surface area contributed by atoms with Crippen LogP contribution in [0.5, 0.6) is 0 Å². The largest absolute Gasteiger partial charge is 0.308 e. The zero-order valence-electron chi connectivity index (χ0n) is 12.5. The number of para-hydroxylation sites is 1. The molecule has 0 unspecified atom stereocenters. The molecule has 0 aliphatic carbocycles. The van der Waals surface area contributed by atoms with Gasteiger partial charge >= 0.3 is 0 Å². The number of hydrogen-bond donors (Lipinski definition) is 1. The van der Waals surface area contributed by atoms with E-state index in [1.54, 1.807) is 12.1 Å². The van der Waals surface area contributed by atoms with Crippen LogP contribution in [0.2, 0.25) is 0 Å². The number of Topliss-reactive ketones (excluding diaryl/α,β-unsaturated/α-hetero) is 1. The minimum Gasteiger partial charge on any atom is -0.308 e. The van der Waals surface area contributed by atoms with E-state index in [0.717, 1.165) is 10.0 Å². The van der Waals surface area contributed by atoms with E-state index in [4.69, 9.17) is 0 Å². The van der Waals surface area contributed by atoms with Crippen LogP contribution in [0, 0.1) is 0 Å². The second-order valence-electron chi connectivity index (χ2n) is 6.21. The van der Waals surface area contributed by atoms with Crippen LogP contribution in [0.3, 0.4) is 0 Å². The number of nitrogens with zero attached hydrogens (tertiary/aromatic N) is 1. The van der Waals surface area contributed by atoms with Gasteiger partial charge in [0.2, 0.25) is 0 Å². The van der Waals surface area contributed by atoms with Crippen LogP contribution in [0.25, 0.3) is 0 Å². The summed E-state index contributed by atoms with van der Waals surface area (Å²) in [5.41, 5.74) is 1.93. The van der Waals surface area contributed by atoms with Crippen molar-refractivity contribution in [3.05, 3.63) is 40.4 Å². The Bertz CT molecular complexity index is 617. The van der Waals surface area contributed by atoms with E-state index >= 15 is 0 Å². The molecule has 1 aromatic carbocycles. The van der Waals surface area contributed by atoms with Crippen LogP contribution in [-0.4, -0.2) is 30.3 Å². The molecule has 0 saturated carbocycles. The van der Waals surface area contributed by atoms with Gasteiger partial charge in [-0.2, -0.15) is 0 Å². The molecule has 0 atom stereocenters. The van der Waals surface area contributed by atoms with E-state index in [1.807, 2.05) is 6.07 Å². The summed E-state index contributed by atoms with van der Waals surface area (Å²) in [5.74, 6) is -0.948. The molecule has 1 amide bonds. The van der Waals surface area contributed by atoms with E-state index in [1.165, 1.54) is 4.90 Å². The normalized spacial score (nSPS) is 14.6. The smallest absolute Gasteiger partial charge is 0.299 e. The predicted octanol–water partition coefficient (Wildman–Crippen LogP) is 2.92. The number of carbonyl (C=O) groups excluding carboxylic acids is 2. The van der Waals surface area contributed by atoms with Gasteiger partial charge in [-0.25, -0.2) is 0 Å². The topological polar surface area (TPSA) is 49.4 Å². The molecule has 1 N–H and O–H groups in total. The molecule has 0 bridgehead atoms. The van der Waals surface area contributed by atoms with Crippen LogP contribution in [-0.2, 0) is 4.79 Å². The Morgan fingerprint density at radius 3 is 2.62 bits per heavy atom. The summed E-state index contributed by atoms with van der Waals surface area (Å²) in [5, 5.41) is 3.33. The molecule has 21 heavy (non-hydrogen) atoms. The predicted molar refractivity (Wildman–Crippen MR) is 87.7 cm³/mol. The maximum Gasteiger partial charge on any atom is 0.299 e. The molecule has 112 valence electrons. The minimum atomic E-state index is -0.492. The second kappa shape index (κ2) is 5.73. The zero-order chi connectivity index (χ0) is 15.8. The van der Waals surface area contributed by atoms with Crippen LogP contribution in [0.15, 0.2) is 34.8 Å². The SMILES string of the molecule is C=C(CNC(C)(C)C)CN1C(=O)C(=O)c2cccc(Br)c21. The van der Waals surface area contributed by atoms with Gasteiger partial charge in [-0.05, 0) is 54.4 Å². The van der Waals surface area contributed by atoms with Crippen molar-refractivity contribution in [1.29, 1.82) is 0 Å². The number of hydrogen-bond acceptors (Lipinski definition) is 3. The van der Waals surface area contributed by atoms with Crippen molar-refractivity contribution >= 4 is 33.3 Å². The molecule has 5 heteroatoms. The first-order valence-corrected chi connectivity index (χ1v) is 7.56. The fourth-order valence-electron chi connectivity index (χ4n) is 2.13. The Morgan fingerprint density at radius 1 is 1.33 bits per heavy atom. The molecule has 0 spiro atoms. The molecule has 1 aliphatic rings. The highest BCUT2D eigenvalue weighted by Crippen LogP contribution is 2.36. The van der Waals surface area contributed by atoms with Gasteiger partial charge in [0.25, 0.3) is 11.7 Å². The van der Waals surface area contributed by atoms with Crippen LogP contribution < -0.4 is 10.2 Å². The number of ketones is 1. The zero-order valence-corrected chi connectivity index (χ0v) is 14.1. The highest BCUT2D eigenvalue weighted by Gasteiger charge is 2.37. The van der Waals surface area contributed by atoms with E-state index in [0.29, 0.717) is 24.3 Å². The Balaban J connectivity index is 2.17. The van der Waals surface area contributed by atoms with E-state index in [9.17, 15) is 9.59 Å². The number of fused-ring (bicyclic) bond motifs is 1. The minimum absolute atomic E-state index is 0.0216. The standard InChI is InChI=1S/C16H19BrN2O2/c1-10(8-18-16(2,3)4)9-19-13-11(14(20)15(19)21)6-5-7-12(13)17/h5-7,18H,1,8-9H2,2-4H3. The van der Waals surface area contributed by atoms with Gasteiger partial charge in [0, 0.05) is 23.1 Å². The summed E-state index contributed by atoms with van der Waals surface area (Å²) in [6, 6.07) is 5.26. The molecule has 4 nitrogen and oxygen atoms in total. The number of benzene rings is 1. The monoisotopic (exact) mass is 350 g/mol. The lowest BCUT2D eigenvalue weighted by atomic mass is 10.1. The number of rotatable bonds is 4. The molecule has 1 aliphatic heterocycles. The third kappa shape index (κ3) is 3.41. The summed E-state index contributed by atoms with van der Waals surface area (Å²) in [6.45, 7) is 11.1. The molecular formula is C16H19BrN2O2. The highest BCUT2D eigenvalue weighted by atomic mass is 79.9. The Hall–Kier alpha value is -1.46. The van der Waals surface area contributed by atoms with Crippen molar-refractivity contribution in [1.82, 2.24) is 5.32 Å². The molecule has 0 aromatic heterocycles. The van der Waals surface area contributed by atoms with Crippen molar-refractivity contribution < 1.29 is 9.59 Å². The summed E-state index contributed by atoms with van der Waals surface area (Å²) in [6.07, 6.45) is 0. The maximum atomic E-state index is 12.1. The Morgan fingerprint density at radius 2 is 2.00 bits per heavy atom. The van der Waals surface area contributed by atoms with Crippen molar-refractivity contribution in [2.24, 2.45) is 0 Å². The lowest BCUT2D eigenvalue weighted by Gasteiger charge is -2.24. The third-order valence-electron chi connectivity index (χ3n) is 3.19. The van der Waals surface area contributed by atoms with Crippen molar-refractivity contribution in [3.8, 4) is 0 Å². The van der Waals surface area contributed by atoms with Crippen molar-refractivity contribution in [2.45, 2.75) is 26.3 Å². The van der Waals surface area contributed by atoms with E-state index in [2.05, 4.69) is 48.6 Å². The fraction of sp³-hybridized carbons (Fsp3) is 0.375. The Kier molecular flexibility index (Phi) is 4.35. The maximum absolute atomic E-state index is 12.1. The lowest BCUT2D eigenvalue weighted by Crippen LogP contribution is -2.39. The van der Waals surface area contributed by atoms with Crippen LogP contribution in [0.4, 0.5) is 5.69 Å².